The second-order valence-electron chi connectivity index (χ2n) is 3.50. The maximum Gasteiger partial charge on any atom is 0.190 e. The van der Waals surface area contributed by atoms with Gasteiger partial charge in [-0.2, -0.15) is 0 Å². The Labute approximate surface area is 97.5 Å². The van der Waals surface area contributed by atoms with Crippen molar-refractivity contribution in [1.29, 1.82) is 0 Å². The third-order valence-electron chi connectivity index (χ3n) is 2.33. The van der Waals surface area contributed by atoms with Gasteiger partial charge in [-0.05, 0) is 13.0 Å². The summed E-state index contributed by atoms with van der Waals surface area (Å²) in [5, 5.41) is 0. The predicted molar refractivity (Wildman–Crippen MR) is 58.8 cm³/mol. The van der Waals surface area contributed by atoms with Crippen LogP contribution in [0.5, 0.6) is 0 Å². The first-order valence-electron chi connectivity index (χ1n) is 5.05. The van der Waals surface area contributed by atoms with Crippen LogP contribution in [0.15, 0.2) is 35.3 Å². The molecule has 2 aromatic heterocycles. The van der Waals surface area contributed by atoms with Gasteiger partial charge in [0.1, 0.15) is 11.5 Å². The fourth-order valence-electron chi connectivity index (χ4n) is 1.45. The lowest BCUT2D eigenvalue weighted by atomic mass is 10.1. The molecule has 2 heterocycles. The number of nitrogens with zero attached hydrogens (tertiary/aromatic N) is 2. The average Bonchev–Trinajstić information content (AvgIpc) is 2.76. The summed E-state index contributed by atoms with van der Waals surface area (Å²) in [6.07, 6.45) is 5.44. The third-order valence-corrected chi connectivity index (χ3v) is 2.33. The molecule has 0 aliphatic rings. The van der Waals surface area contributed by atoms with Gasteiger partial charge in [0.2, 0.25) is 0 Å². The molecule has 17 heavy (non-hydrogen) atoms. The van der Waals surface area contributed by atoms with Crippen molar-refractivity contribution >= 4 is 11.6 Å². The Morgan fingerprint density at radius 1 is 1.29 bits per heavy atom. The maximum absolute atomic E-state index is 11.8. The highest BCUT2D eigenvalue weighted by Gasteiger charge is 2.17. The monoisotopic (exact) mass is 230 g/mol. The highest BCUT2D eigenvalue weighted by atomic mass is 16.3. The summed E-state index contributed by atoms with van der Waals surface area (Å²) in [7, 11) is 0. The van der Waals surface area contributed by atoms with Crippen molar-refractivity contribution in [2.24, 2.45) is 0 Å². The molecule has 0 unspecified atom stereocenters. The quantitative estimate of drug-likeness (QED) is 0.591. The van der Waals surface area contributed by atoms with Crippen molar-refractivity contribution in [2.45, 2.75) is 13.3 Å². The molecule has 2 aromatic rings. The van der Waals surface area contributed by atoms with Gasteiger partial charge in [0.05, 0.1) is 24.4 Å². The van der Waals surface area contributed by atoms with Crippen LogP contribution in [0.3, 0.4) is 0 Å². The van der Waals surface area contributed by atoms with E-state index in [9.17, 15) is 9.59 Å². The third kappa shape index (κ3) is 2.44. The molecule has 0 saturated heterocycles. The summed E-state index contributed by atoms with van der Waals surface area (Å²) in [5.41, 5.74) is 0.629. The van der Waals surface area contributed by atoms with Crippen LogP contribution in [0, 0.1) is 6.92 Å². The molecule has 0 radical (unpaired) electrons. The Bertz CT molecular complexity index is 546. The molecule has 0 atom stereocenters. The number of aryl methyl sites for hydroxylation is 1. The van der Waals surface area contributed by atoms with Gasteiger partial charge in [0, 0.05) is 12.4 Å². The van der Waals surface area contributed by atoms with E-state index < -0.39 is 0 Å². The molecule has 0 aliphatic heterocycles. The van der Waals surface area contributed by atoms with Crippen molar-refractivity contribution < 1.29 is 14.0 Å². The number of rotatable bonds is 4. The summed E-state index contributed by atoms with van der Waals surface area (Å²) in [6, 6.07) is 1.56. The van der Waals surface area contributed by atoms with E-state index >= 15 is 0 Å². The van der Waals surface area contributed by atoms with Crippen LogP contribution in [-0.2, 0) is 0 Å². The molecule has 0 spiro atoms. The van der Waals surface area contributed by atoms with Gasteiger partial charge < -0.3 is 4.42 Å². The molecule has 2 rings (SSSR count). The first-order valence-corrected chi connectivity index (χ1v) is 5.05. The molecule has 0 amide bonds. The topological polar surface area (TPSA) is 73.1 Å². The van der Waals surface area contributed by atoms with Crippen LogP contribution in [0.2, 0.25) is 0 Å². The lowest BCUT2D eigenvalue weighted by molar-refractivity contribution is 0.0890. The highest BCUT2D eigenvalue weighted by molar-refractivity contribution is 6.13. The van der Waals surface area contributed by atoms with Gasteiger partial charge >= 0.3 is 0 Å². The number of hydrogen-bond donors (Lipinski definition) is 0. The van der Waals surface area contributed by atoms with Crippen molar-refractivity contribution in [1.82, 2.24) is 9.97 Å². The van der Waals surface area contributed by atoms with Gasteiger partial charge in [0.25, 0.3) is 0 Å². The molecule has 5 heteroatoms. The minimum Gasteiger partial charge on any atom is -0.469 e. The Hall–Kier alpha value is -2.30. The van der Waals surface area contributed by atoms with Gasteiger partial charge in [-0.15, -0.1) is 0 Å². The Balaban J connectivity index is 2.10. The summed E-state index contributed by atoms with van der Waals surface area (Å²) < 4.78 is 5.01. The minimum absolute atomic E-state index is 0.196. The Kier molecular flexibility index (Phi) is 3.09. The number of hydrogen-bond acceptors (Lipinski definition) is 5. The zero-order valence-corrected chi connectivity index (χ0v) is 9.21. The maximum atomic E-state index is 11.8. The van der Waals surface area contributed by atoms with E-state index in [0.717, 1.165) is 0 Å². The average molecular weight is 230 g/mol. The summed E-state index contributed by atoms with van der Waals surface area (Å²) in [4.78, 5) is 31.1. The van der Waals surface area contributed by atoms with Crippen molar-refractivity contribution in [3.63, 3.8) is 0 Å². The van der Waals surface area contributed by atoms with E-state index in [2.05, 4.69) is 9.97 Å². The van der Waals surface area contributed by atoms with Crippen molar-refractivity contribution in [3.8, 4) is 0 Å². The molecule has 86 valence electrons. The summed E-state index contributed by atoms with van der Waals surface area (Å²) in [6.45, 7) is 1.68. The van der Waals surface area contributed by atoms with Gasteiger partial charge in [-0.3, -0.25) is 14.6 Å². The number of carbonyl (C=O) groups is 2. The summed E-state index contributed by atoms with van der Waals surface area (Å²) in [5.74, 6) is -0.0995. The van der Waals surface area contributed by atoms with E-state index in [-0.39, 0.29) is 23.7 Å². The fourth-order valence-corrected chi connectivity index (χ4v) is 1.45. The number of aromatic nitrogens is 2. The van der Waals surface area contributed by atoms with E-state index in [1.165, 1.54) is 24.9 Å². The van der Waals surface area contributed by atoms with E-state index in [4.69, 9.17) is 4.42 Å². The number of ketones is 2. The van der Waals surface area contributed by atoms with E-state index in [1.807, 2.05) is 0 Å². The molecule has 0 aromatic carbocycles. The predicted octanol–water partition coefficient (Wildman–Crippen LogP) is 1.83. The van der Waals surface area contributed by atoms with Crippen LogP contribution in [0.4, 0.5) is 0 Å². The molecule has 0 bridgehead atoms. The highest BCUT2D eigenvalue weighted by Crippen LogP contribution is 2.12. The molecule has 0 saturated carbocycles. The van der Waals surface area contributed by atoms with E-state index in [0.29, 0.717) is 11.3 Å². The zero-order chi connectivity index (χ0) is 12.3. The largest absolute Gasteiger partial charge is 0.469 e. The van der Waals surface area contributed by atoms with Gasteiger partial charge in [-0.1, -0.05) is 0 Å². The van der Waals surface area contributed by atoms with Gasteiger partial charge in [0.15, 0.2) is 11.6 Å². The normalized spacial score (nSPS) is 10.2. The molecule has 0 aliphatic carbocycles. The van der Waals surface area contributed by atoms with Crippen LogP contribution >= 0.6 is 0 Å². The summed E-state index contributed by atoms with van der Waals surface area (Å²) >= 11 is 0. The SMILES string of the molecule is Cc1occc1C(=O)CC(=O)c1cnccn1. The van der Waals surface area contributed by atoms with Crippen LogP contribution in [0.25, 0.3) is 0 Å². The standard InChI is InChI=1S/C12H10N2O3/c1-8-9(2-5-17-8)11(15)6-12(16)10-7-13-3-4-14-10/h2-5,7H,6H2,1H3. The second-order valence-corrected chi connectivity index (χ2v) is 3.50. The molecule has 0 N–H and O–H groups in total. The van der Waals surface area contributed by atoms with Crippen molar-refractivity contribution in [2.75, 3.05) is 0 Å². The number of furan rings is 1. The van der Waals surface area contributed by atoms with Crippen LogP contribution < -0.4 is 0 Å². The zero-order valence-electron chi connectivity index (χ0n) is 9.21. The molecular weight excluding hydrogens is 220 g/mol. The fraction of sp³-hybridized carbons (Fsp3) is 0.167. The second kappa shape index (κ2) is 4.69. The lowest BCUT2D eigenvalue weighted by Crippen LogP contribution is -2.10. The first kappa shape index (κ1) is 11.2. The van der Waals surface area contributed by atoms with Crippen molar-refractivity contribution in [3.05, 3.63) is 47.9 Å². The Morgan fingerprint density at radius 2 is 2.12 bits per heavy atom. The number of Topliss-reactive ketones (excluding diaryl/α,β-unsaturated/α-hetero) is 2. The number of carbonyl (C=O) groups excluding carboxylic acids is 2. The first-order chi connectivity index (χ1) is 8.18. The van der Waals surface area contributed by atoms with Crippen LogP contribution in [-0.4, -0.2) is 21.5 Å². The molecule has 0 fully saturated rings. The van der Waals surface area contributed by atoms with Gasteiger partial charge in [-0.25, -0.2) is 4.98 Å². The Morgan fingerprint density at radius 3 is 2.71 bits per heavy atom. The smallest absolute Gasteiger partial charge is 0.190 e. The van der Waals surface area contributed by atoms with Crippen LogP contribution in [0.1, 0.15) is 33.0 Å². The minimum atomic E-state index is -0.344. The van der Waals surface area contributed by atoms with E-state index in [1.54, 1.807) is 13.0 Å². The molecule has 5 nitrogen and oxygen atoms in total. The lowest BCUT2D eigenvalue weighted by Gasteiger charge is -1.98. The molecular formula is C12H10N2O3.